The van der Waals surface area contributed by atoms with Crippen LogP contribution in [0.2, 0.25) is 0 Å². The first kappa shape index (κ1) is 9.49. The summed E-state index contributed by atoms with van der Waals surface area (Å²) in [7, 11) is 0. The van der Waals surface area contributed by atoms with Gasteiger partial charge in [-0.2, -0.15) is 9.64 Å². The molecule has 0 fully saturated rings. The van der Waals surface area contributed by atoms with Gasteiger partial charge in [-0.05, 0) is 18.0 Å². The van der Waals surface area contributed by atoms with E-state index in [4.69, 9.17) is 5.26 Å². The van der Waals surface area contributed by atoms with E-state index in [1.54, 1.807) is 18.1 Å². The molecule has 1 aromatic rings. The van der Waals surface area contributed by atoms with Crippen LogP contribution in [0, 0.1) is 11.3 Å². The van der Waals surface area contributed by atoms with Crippen LogP contribution >= 0.6 is 23.3 Å². The fraction of sp³-hybridized carbons (Fsp3) is 0.571. The summed E-state index contributed by atoms with van der Waals surface area (Å²) >= 11 is 3.03. The molecule has 0 N–H and O–H groups in total. The maximum Gasteiger partial charge on any atom is 0.170 e. The Morgan fingerprint density at radius 1 is 1.83 bits per heavy atom. The van der Waals surface area contributed by atoms with Crippen LogP contribution in [0.3, 0.4) is 0 Å². The van der Waals surface area contributed by atoms with E-state index in [1.807, 2.05) is 0 Å². The number of nitrogens with zero attached hydrogens (tertiary/aromatic N) is 3. The molecule has 5 heteroatoms. The lowest BCUT2D eigenvalue weighted by Crippen LogP contribution is -1.97. The van der Waals surface area contributed by atoms with E-state index >= 15 is 0 Å². The van der Waals surface area contributed by atoms with Crippen LogP contribution in [0.4, 0.5) is 0 Å². The molecule has 1 rings (SSSR count). The Hall–Kier alpha value is -0.600. The number of thioether (sulfide) groups is 1. The normalized spacial score (nSPS) is 12.3. The van der Waals surface area contributed by atoms with Gasteiger partial charge >= 0.3 is 0 Å². The zero-order chi connectivity index (χ0) is 8.81. The van der Waals surface area contributed by atoms with Crippen LogP contribution in [0.25, 0.3) is 0 Å². The zero-order valence-electron chi connectivity index (χ0n) is 6.73. The summed E-state index contributed by atoms with van der Waals surface area (Å²) in [5.74, 6) is 0. The smallest absolute Gasteiger partial charge is 0.170 e. The van der Waals surface area contributed by atoms with E-state index in [1.165, 1.54) is 11.5 Å². The Labute approximate surface area is 80.0 Å². The lowest BCUT2D eigenvalue weighted by atomic mass is 10.3. The van der Waals surface area contributed by atoms with Crippen molar-refractivity contribution in [2.24, 2.45) is 0 Å². The number of aromatic nitrogens is 2. The van der Waals surface area contributed by atoms with Crippen LogP contribution in [-0.2, 0) is 0 Å². The third-order valence-electron chi connectivity index (χ3n) is 1.38. The second-order valence-electron chi connectivity index (χ2n) is 2.22. The second-order valence-corrected chi connectivity index (χ2v) is 4.55. The van der Waals surface area contributed by atoms with Gasteiger partial charge in [-0.15, -0.1) is 0 Å². The molecule has 0 saturated carbocycles. The highest BCUT2D eigenvalue weighted by molar-refractivity contribution is 8.01. The standard InChI is InChI=1S/C7H9N3S2/c1-2-6(3-4-8)11-7-9-5-10-12-7/h5-6H,2-3H2,1H3. The maximum atomic E-state index is 8.50. The Morgan fingerprint density at radius 2 is 2.67 bits per heavy atom. The van der Waals surface area contributed by atoms with Gasteiger partial charge in [-0.25, -0.2) is 4.98 Å². The average Bonchev–Trinajstić information content (AvgIpc) is 2.56. The minimum Gasteiger partial charge on any atom is -0.216 e. The molecule has 0 aliphatic carbocycles. The Morgan fingerprint density at radius 3 is 3.17 bits per heavy atom. The van der Waals surface area contributed by atoms with Gasteiger partial charge in [0.15, 0.2) is 4.34 Å². The minimum atomic E-state index is 0.364. The predicted octanol–water partition coefficient (Wildman–Crippen LogP) is 2.32. The first-order chi connectivity index (χ1) is 5.86. The third kappa shape index (κ3) is 2.80. The van der Waals surface area contributed by atoms with Gasteiger partial charge < -0.3 is 0 Å². The zero-order valence-corrected chi connectivity index (χ0v) is 8.36. The van der Waals surface area contributed by atoms with Gasteiger partial charge in [0.25, 0.3) is 0 Å². The van der Waals surface area contributed by atoms with Crippen LogP contribution in [0.1, 0.15) is 19.8 Å². The molecule has 1 heterocycles. The lowest BCUT2D eigenvalue weighted by molar-refractivity contribution is 0.842. The number of hydrogen-bond donors (Lipinski definition) is 0. The summed E-state index contributed by atoms with van der Waals surface area (Å²) in [6.07, 6.45) is 3.13. The highest BCUT2D eigenvalue weighted by Gasteiger charge is 2.09. The maximum absolute atomic E-state index is 8.50. The largest absolute Gasteiger partial charge is 0.216 e. The molecular formula is C7H9N3S2. The van der Waals surface area contributed by atoms with Crippen molar-refractivity contribution in [2.45, 2.75) is 29.4 Å². The molecule has 12 heavy (non-hydrogen) atoms. The monoisotopic (exact) mass is 199 g/mol. The van der Waals surface area contributed by atoms with Crippen molar-refractivity contribution in [3.05, 3.63) is 6.33 Å². The Bertz CT molecular complexity index is 252. The molecule has 0 spiro atoms. The quantitative estimate of drug-likeness (QED) is 0.698. The summed E-state index contributed by atoms with van der Waals surface area (Å²) in [6, 6.07) is 2.17. The molecule has 0 amide bonds. The van der Waals surface area contributed by atoms with E-state index in [2.05, 4.69) is 22.4 Å². The van der Waals surface area contributed by atoms with Crippen molar-refractivity contribution in [3.8, 4) is 6.07 Å². The second kappa shape index (κ2) is 5.12. The summed E-state index contributed by atoms with van der Waals surface area (Å²) in [6.45, 7) is 2.08. The molecule has 0 radical (unpaired) electrons. The van der Waals surface area contributed by atoms with Crippen LogP contribution < -0.4 is 0 Å². The van der Waals surface area contributed by atoms with Gasteiger partial charge in [-0.3, -0.25) is 0 Å². The van der Waals surface area contributed by atoms with E-state index in [9.17, 15) is 0 Å². The highest BCUT2D eigenvalue weighted by atomic mass is 32.2. The molecule has 0 bridgehead atoms. The van der Waals surface area contributed by atoms with Crippen LogP contribution in [0.15, 0.2) is 10.7 Å². The third-order valence-corrected chi connectivity index (χ3v) is 3.50. The molecule has 0 saturated heterocycles. The number of hydrogen-bond acceptors (Lipinski definition) is 5. The minimum absolute atomic E-state index is 0.364. The fourth-order valence-electron chi connectivity index (χ4n) is 0.729. The van der Waals surface area contributed by atoms with E-state index in [0.29, 0.717) is 11.7 Å². The van der Waals surface area contributed by atoms with Crippen molar-refractivity contribution in [1.82, 2.24) is 9.36 Å². The van der Waals surface area contributed by atoms with Gasteiger partial charge in [0.1, 0.15) is 6.33 Å². The van der Waals surface area contributed by atoms with Crippen molar-refractivity contribution < 1.29 is 0 Å². The van der Waals surface area contributed by atoms with Gasteiger partial charge in [0.05, 0.1) is 6.07 Å². The lowest BCUT2D eigenvalue weighted by Gasteiger charge is -2.05. The predicted molar refractivity (Wildman–Crippen MR) is 50.1 cm³/mol. The van der Waals surface area contributed by atoms with Crippen molar-refractivity contribution in [2.75, 3.05) is 0 Å². The topological polar surface area (TPSA) is 49.6 Å². The van der Waals surface area contributed by atoms with Gasteiger partial charge in [-0.1, -0.05) is 18.7 Å². The van der Waals surface area contributed by atoms with E-state index < -0.39 is 0 Å². The SMILES string of the molecule is CCC(CC#N)Sc1ncns1. The van der Waals surface area contributed by atoms with Gasteiger partial charge in [0, 0.05) is 11.7 Å². The van der Waals surface area contributed by atoms with Crippen molar-refractivity contribution >= 4 is 23.3 Å². The fourth-order valence-corrected chi connectivity index (χ4v) is 2.43. The molecule has 3 nitrogen and oxygen atoms in total. The van der Waals surface area contributed by atoms with Crippen LogP contribution in [0.5, 0.6) is 0 Å². The molecule has 64 valence electrons. The van der Waals surface area contributed by atoms with Gasteiger partial charge in [0.2, 0.25) is 0 Å². The summed E-state index contributed by atoms with van der Waals surface area (Å²) in [5.41, 5.74) is 0. The summed E-state index contributed by atoms with van der Waals surface area (Å²) in [5, 5.41) is 8.86. The Kier molecular flexibility index (Phi) is 4.05. The van der Waals surface area contributed by atoms with Crippen molar-refractivity contribution in [3.63, 3.8) is 0 Å². The van der Waals surface area contributed by atoms with Crippen molar-refractivity contribution in [1.29, 1.82) is 5.26 Å². The molecular weight excluding hydrogens is 190 g/mol. The summed E-state index contributed by atoms with van der Waals surface area (Å²) < 4.78 is 4.85. The first-order valence-corrected chi connectivity index (χ1v) is 5.32. The van der Waals surface area contributed by atoms with E-state index in [-0.39, 0.29) is 0 Å². The molecule has 1 atom stereocenters. The molecule has 1 unspecified atom stereocenters. The number of nitriles is 1. The summed E-state index contributed by atoms with van der Waals surface area (Å²) in [4.78, 5) is 4.05. The molecule has 0 aliphatic heterocycles. The Balaban J connectivity index is 2.44. The van der Waals surface area contributed by atoms with Crippen LogP contribution in [-0.4, -0.2) is 14.6 Å². The van der Waals surface area contributed by atoms with E-state index in [0.717, 1.165) is 10.8 Å². The highest BCUT2D eigenvalue weighted by Crippen LogP contribution is 2.27. The molecule has 0 aromatic carbocycles. The molecule has 1 aromatic heterocycles. The number of rotatable bonds is 4. The average molecular weight is 199 g/mol. The molecule has 0 aliphatic rings. The first-order valence-electron chi connectivity index (χ1n) is 3.67.